The van der Waals surface area contributed by atoms with Gasteiger partial charge in [-0.2, -0.15) is 0 Å². The molecule has 39 heavy (non-hydrogen) atoms. The summed E-state index contributed by atoms with van der Waals surface area (Å²) in [5.74, 6) is 0.150. The largest absolute Gasteiger partial charge is 0.493 e. The van der Waals surface area contributed by atoms with Gasteiger partial charge in [0, 0.05) is 38.6 Å². The highest BCUT2D eigenvalue weighted by Crippen LogP contribution is 2.31. The number of carbonyl (C=O) groups is 2. The van der Waals surface area contributed by atoms with Gasteiger partial charge < -0.3 is 36.1 Å². The smallest absolute Gasteiger partial charge is 0.224 e. The second-order valence-corrected chi connectivity index (χ2v) is 11.4. The second-order valence-electron chi connectivity index (χ2n) is 11.4. The summed E-state index contributed by atoms with van der Waals surface area (Å²) >= 11 is 0. The van der Waals surface area contributed by atoms with E-state index in [1.54, 1.807) is 28.1 Å². The second kappa shape index (κ2) is 16.5. The molecule has 0 aliphatic carbocycles. The monoisotopic (exact) mass is 549 g/mol. The SMILES string of the molecule is C=C(C)C(Cc1ccc(OC)c(OCCCOC)c1)CC(N)C(O)CC(C(=O)NCC(C)(C)C(N)=O)C(C)C. The number of rotatable bonds is 19. The molecule has 0 saturated carbocycles. The molecule has 0 fully saturated rings. The molecule has 1 aromatic carbocycles. The first-order chi connectivity index (χ1) is 18.2. The Morgan fingerprint density at radius 2 is 1.79 bits per heavy atom. The number of primary amides is 1. The molecule has 6 N–H and O–H groups in total. The Morgan fingerprint density at radius 3 is 2.33 bits per heavy atom. The van der Waals surface area contributed by atoms with E-state index in [1.807, 2.05) is 39.0 Å². The minimum Gasteiger partial charge on any atom is -0.493 e. The Hall–Kier alpha value is -2.62. The van der Waals surface area contributed by atoms with Crippen LogP contribution in [0.5, 0.6) is 11.5 Å². The highest BCUT2D eigenvalue weighted by Gasteiger charge is 2.31. The van der Waals surface area contributed by atoms with Gasteiger partial charge in [0.2, 0.25) is 11.8 Å². The van der Waals surface area contributed by atoms with Gasteiger partial charge in [-0.25, -0.2) is 0 Å². The minimum atomic E-state index is -0.885. The molecule has 4 atom stereocenters. The van der Waals surface area contributed by atoms with Crippen LogP contribution < -0.4 is 26.3 Å². The van der Waals surface area contributed by atoms with Crippen molar-refractivity contribution in [1.82, 2.24) is 5.32 Å². The summed E-state index contributed by atoms with van der Waals surface area (Å²) < 4.78 is 16.5. The Morgan fingerprint density at radius 1 is 1.13 bits per heavy atom. The minimum absolute atomic E-state index is 0.0204. The average Bonchev–Trinajstić information content (AvgIpc) is 2.87. The molecule has 0 radical (unpaired) electrons. The Bertz CT molecular complexity index is 933. The van der Waals surface area contributed by atoms with Crippen molar-refractivity contribution in [2.75, 3.05) is 34.0 Å². The van der Waals surface area contributed by atoms with Crippen LogP contribution in [0.15, 0.2) is 30.4 Å². The number of aliphatic hydroxyl groups excluding tert-OH is 1. The van der Waals surface area contributed by atoms with Crippen LogP contribution >= 0.6 is 0 Å². The molecule has 0 bridgehead atoms. The van der Waals surface area contributed by atoms with E-state index in [9.17, 15) is 14.7 Å². The number of ether oxygens (including phenoxy) is 3. The molecular weight excluding hydrogens is 498 g/mol. The van der Waals surface area contributed by atoms with E-state index in [4.69, 9.17) is 25.7 Å². The lowest BCUT2D eigenvalue weighted by Gasteiger charge is -2.29. The van der Waals surface area contributed by atoms with Crippen molar-refractivity contribution in [3.8, 4) is 11.5 Å². The van der Waals surface area contributed by atoms with Crippen LogP contribution in [0.1, 0.15) is 59.4 Å². The third kappa shape index (κ3) is 11.6. The van der Waals surface area contributed by atoms with Crippen molar-refractivity contribution in [1.29, 1.82) is 0 Å². The fourth-order valence-corrected chi connectivity index (χ4v) is 4.22. The summed E-state index contributed by atoms with van der Waals surface area (Å²) in [6, 6.07) is 5.30. The molecule has 9 nitrogen and oxygen atoms in total. The maximum absolute atomic E-state index is 12.9. The van der Waals surface area contributed by atoms with Crippen molar-refractivity contribution in [2.24, 2.45) is 34.6 Å². The van der Waals surface area contributed by atoms with Crippen molar-refractivity contribution >= 4 is 11.8 Å². The van der Waals surface area contributed by atoms with Crippen LogP contribution in [0, 0.1) is 23.2 Å². The number of hydrogen-bond acceptors (Lipinski definition) is 7. The van der Waals surface area contributed by atoms with Crippen molar-refractivity contribution < 1.29 is 28.9 Å². The van der Waals surface area contributed by atoms with E-state index in [0.717, 1.165) is 17.6 Å². The van der Waals surface area contributed by atoms with E-state index in [0.29, 0.717) is 37.6 Å². The number of methoxy groups -OCH3 is 2. The van der Waals surface area contributed by atoms with Crippen molar-refractivity contribution in [2.45, 2.75) is 72.4 Å². The van der Waals surface area contributed by atoms with E-state index < -0.39 is 29.4 Å². The number of carbonyl (C=O) groups excluding carboxylic acids is 2. The summed E-state index contributed by atoms with van der Waals surface area (Å²) in [5, 5.41) is 13.8. The highest BCUT2D eigenvalue weighted by atomic mass is 16.5. The van der Waals surface area contributed by atoms with E-state index in [1.165, 1.54) is 0 Å². The number of nitrogens with two attached hydrogens (primary N) is 2. The normalized spacial score (nSPS) is 14.8. The fraction of sp³-hybridized carbons (Fsp3) is 0.667. The van der Waals surface area contributed by atoms with Crippen LogP contribution in [0.2, 0.25) is 0 Å². The Kier molecular flexibility index (Phi) is 14.5. The summed E-state index contributed by atoms with van der Waals surface area (Å²) in [5.41, 5.74) is 13.0. The molecular formula is C30H51N3O6. The summed E-state index contributed by atoms with van der Waals surface area (Å²) in [6.45, 7) is 14.6. The van der Waals surface area contributed by atoms with E-state index in [2.05, 4.69) is 11.9 Å². The number of benzene rings is 1. The van der Waals surface area contributed by atoms with Gasteiger partial charge in [0.25, 0.3) is 0 Å². The average molecular weight is 550 g/mol. The summed E-state index contributed by atoms with van der Waals surface area (Å²) in [7, 11) is 3.27. The van der Waals surface area contributed by atoms with Crippen molar-refractivity contribution in [3.63, 3.8) is 0 Å². The molecule has 1 rings (SSSR count). The van der Waals surface area contributed by atoms with Crippen molar-refractivity contribution in [3.05, 3.63) is 35.9 Å². The standard InChI is InChI=1S/C30H51N3O6/c1-19(2)22(14-21-10-11-26(38-8)27(15-21)39-13-9-12-37-7)16-24(31)25(34)17-23(20(3)4)28(35)33-18-30(5,6)29(32)36/h10-11,15,20,22-25,34H,1,9,12-14,16-18,31H2,2-8H3,(H2,32,36)(H,33,35). The van der Waals surface area contributed by atoms with Crippen LogP contribution in [-0.2, 0) is 20.7 Å². The molecule has 0 spiro atoms. The third-order valence-corrected chi connectivity index (χ3v) is 7.22. The Labute approximate surface area is 234 Å². The maximum atomic E-state index is 12.9. The van der Waals surface area contributed by atoms with Gasteiger partial charge in [-0.3, -0.25) is 9.59 Å². The van der Waals surface area contributed by atoms with Gasteiger partial charge in [-0.05, 0) is 69.6 Å². The molecule has 0 aliphatic heterocycles. The maximum Gasteiger partial charge on any atom is 0.224 e. The highest BCUT2D eigenvalue weighted by molar-refractivity contribution is 5.83. The number of hydrogen-bond donors (Lipinski definition) is 4. The third-order valence-electron chi connectivity index (χ3n) is 7.22. The lowest BCUT2D eigenvalue weighted by Crippen LogP contribution is -2.46. The zero-order valence-electron chi connectivity index (χ0n) is 24.9. The molecule has 1 aromatic rings. The summed E-state index contributed by atoms with van der Waals surface area (Å²) in [6.07, 6.45) is 1.28. The summed E-state index contributed by atoms with van der Waals surface area (Å²) in [4.78, 5) is 24.5. The zero-order valence-corrected chi connectivity index (χ0v) is 24.9. The lowest BCUT2D eigenvalue weighted by atomic mass is 9.82. The van der Waals surface area contributed by atoms with Gasteiger partial charge in [0.15, 0.2) is 11.5 Å². The van der Waals surface area contributed by atoms with Crippen LogP contribution in [0.25, 0.3) is 0 Å². The van der Waals surface area contributed by atoms with Gasteiger partial charge in [-0.15, -0.1) is 0 Å². The van der Waals surface area contributed by atoms with Crippen LogP contribution in [-0.4, -0.2) is 63.0 Å². The predicted molar refractivity (Wildman–Crippen MR) is 155 cm³/mol. The Balaban J connectivity index is 2.88. The van der Waals surface area contributed by atoms with E-state index >= 15 is 0 Å². The van der Waals surface area contributed by atoms with Gasteiger partial charge in [0.1, 0.15) is 0 Å². The molecule has 0 heterocycles. The quantitative estimate of drug-likeness (QED) is 0.153. The molecule has 0 saturated heterocycles. The molecule has 9 heteroatoms. The number of nitrogens with one attached hydrogen (secondary N) is 1. The molecule has 0 aromatic heterocycles. The first kappa shape index (κ1) is 34.4. The van der Waals surface area contributed by atoms with Gasteiger partial charge >= 0.3 is 0 Å². The first-order valence-electron chi connectivity index (χ1n) is 13.7. The van der Waals surface area contributed by atoms with Gasteiger partial charge in [-0.1, -0.05) is 32.1 Å². The molecule has 222 valence electrons. The number of aliphatic hydroxyl groups is 1. The molecule has 2 amide bonds. The molecule has 0 aliphatic rings. The number of allylic oxidation sites excluding steroid dienone is 1. The predicted octanol–water partition coefficient (Wildman–Crippen LogP) is 3.21. The van der Waals surface area contributed by atoms with Gasteiger partial charge in [0.05, 0.1) is 25.2 Å². The lowest BCUT2D eigenvalue weighted by molar-refractivity contribution is -0.130. The topological polar surface area (TPSA) is 146 Å². The number of amides is 2. The van der Waals surface area contributed by atoms with E-state index in [-0.39, 0.29) is 30.7 Å². The first-order valence-corrected chi connectivity index (χ1v) is 13.7. The van der Waals surface area contributed by atoms with Crippen LogP contribution in [0.4, 0.5) is 0 Å². The van der Waals surface area contributed by atoms with Crippen LogP contribution in [0.3, 0.4) is 0 Å². The zero-order chi connectivity index (χ0) is 29.8. The molecule has 4 unspecified atom stereocenters. The fourth-order valence-electron chi connectivity index (χ4n) is 4.22.